The average Bonchev–Trinajstić information content (AvgIpc) is 2.46. The van der Waals surface area contributed by atoms with Gasteiger partial charge in [-0.1, -0.05) is 31.0 Å². The van der Waals surface area contributed by atoms with Gasteiger partial charge in [-0.05, 0) is 45.3 Å². The van der Waals surface area contributed by atoms with Gasteiger partial charge in [0.25, 0.3) is 0 Å². The summed E-state index contributed by atoms with van der Waals surface area (Å²) in [5, 5.41) is 3.47. The lowest BCUT2D eigenvalue weighted by molar-refractivity contribution is 0.171. The molecule has 1 N–H and O–H groups in total. The zero-order valence-corrected chi connectivity index (χ0v) is 14.0. The smallest absolute Gasteiger partial charge is 0.123 e. The molecule has 118 valence electrons. The Morgan fingerprint density at radius 1 is 1.38 bits per heavy atom. The van der Waals surface area contributed by atoms with Gasteiger partial charge in [-0.25, -0.2) is 0 Å². The highest BCUT2D eigenvalue weighted by Gasteiger charge is 2.23. The molecule has 2 rings (SSSR count). The van der Waals surface area contributed by atoms with Gasteiger partial charge in [-0.3, -0.25) is 0 Å². The third-order valence-corrected chi connectivity index (χ3v) is 4.74. The minimum Gasteiger partial charge on any atom is -0.496 e. The Kier molecular flexibility index (Phi) is 6.07. The molecule has 0 bridgehead atoms. The number of ether oxygens (including phenoxy) is 1. The number of benzene rings is 1. The number of aryl methyl sites for hydroxylation is 1. The normalized spacial score (nSPS) is 16.8. The highest BCUT2D eigenvalue weighted by molar-refractivity contribution is 5.39. The third kappa shape index (κ3) is 4.21. The van der Waals surface area contributed by atoms with E-state index in [0.717, 1.165) is 24.8 Å². The van der Waals surface area contributed by atoms with Gasteiger partial charge in [-0.15, -0.1) is 0 Å². The minimum atomic E-state index is 0.319. The summed E-state index contributed by atoms with van der Waals surface area (Å²) in [5.74, 6) is 1.90. The highest BCUT2D eigenvalue weighted by atomic mass is 16.5. The molecule has 0 aliphatic heterocycles. The van der Waals surface area contributed by atoms with Gasteiger partial charge in [0.05, 0.1) is 7.11 Å². The van der Waals surface area contributed by atoms with Crippen molar-refractivity contribution >= 4 is 0 Å². The van der Waals surface area contributed by atoms with E-state index in [1.165, 1.54) is 36.9 Å². The fourth-order valence-electron chi connectivity index (χ4n) is 3.10. The van der Waals surface area contributed by atoms with E-state index in [-0.39, 0.29) is 0 Å². The van der Waals surface area contributed by atoms with E-state index in [9.17, 15) is 0 Å². The first-order valence-corrected chi connectivity index (χ1v) is 8.22. The summed E-state index contributed by atoms with van der Waals surface area (Å²) in [6.45, 7) is 7.80. The Morgan fingerprint density at radius 2 is 2.14 bits per heavy atom. The number of hydrogen-bond acceptors (Lipinski definition) is 3. The van der Waals surface area contributed by atoms with Crippen molar-refractivity contribution in [2.24, 2.45) is 5.92 Å². The van der Waals surface area contributed by atoms with E-state index in [0.29, 0.717) is 6.04 Å². The van der Waals surface area contributed by atoms with Crippen LogP contribution in [0.1, 0.15) is 43.4 Å². The first kappa shape index (κ1) is 16.3. The van der Waals surface area contributed by atoms with Crippen LogP contribution in [0, 0.1) is 12.8 Å². The first-order valence-electron chi connectivity index (χ1n) is 8.22. The lowest BCUT2D eigenvalue weighted by Crippen LogP contribution is -2.38. The van der Waals surface area contributed by atoms with E-state index < -0.39 is 0 Å². The van der Waals surface area contributed by atoms with Crippen LogP contribution in [-0.4, -0.2) is 38.7 Å². The summed E-state index contributed by atoms with van der Waals surface area (Å²) < 4.78 is 5.55. The topological polar surface area (TPSA) is 24.5 Å². The average molecular weight is 290 g/mol. The van der Waals surface area contributed by atoms with Crippen LogP contribution in [0.3, 0.4) is 0 Å². The van der Waals surface area contributed by atoms with Crippen molar-refractivity contribution in [1.29, 1.82) is 0 Å². The SMILES string of the molecule is CCN(CC1CCC1)CC(NC)c1cc(C)ccc1OC. The van der Waals surface area contributed by atoms with Crippen molar-refractivity contribution in [1.82, 2.24) is 10.2 Å². The summed E-state index contributed by atoms with van der Waals surface area (Å²) in [5.41, 5.74) is 2.56. The predicted octanol–water partition coefficient (Wildman–Crippen LogP) is 3.39. The Balaban J connectivity index is 2.08. The molecule has 1 aliphatic carbocycles. The maximum absolute atomic E-state index is 5.55. The van der Waals surface area contributed by atoms with Crippen LogP contribution in [-0.2, 0) is 0 Å². The number of rotatable bonds is 8. The zero-order valence-electron chi connectivity index (χ0n) is 14.0. The van der Waals surface area contributed by atoms with Gasteiger partial charge in [0.2, 0.25) is 0 Å². The predicted molar refractivity (Wildman–Crippen MR) is 89.0 cm³/mol. The molecule has 1 unspecified atom stereocenters. The van der Waals surface area contributed by atoms with Gasteiger partial charge in [0, 0.05) is 24.7 Å². The Labute approximate surface area is 129 Å². The molecule has 1 atom stereocenters. The Bertz CT molecular complexity index is 443. The molecule has 0 saturated heterocycles. The standard InChI is InChI=1S/C18H30N2O/c1-5-20(12-15-7-6-8-15)13-17(19-3)16-11-14(2)9-10-18(16)21-4/h9-11,15,17,19H,5-8,12-13H2,1-4H3. The largest absolute Gasteiger partial charge is 0.496 e. The van der Waals surface area contributed by atoms with Crippen molar-refractivity contribution in [2.75, 3.05) is 33.8 Å². The maximum Gasteiger partial charge on any atom is 0.123 e. The lowest BCUT2D eigenvalue weighted by atomic mass is 9.85. The molecular formula is C18H30N2O. The van der Waals surface area contributed by atoms with E-state index in [4.69, 9.17) is 4.74 Å². The van der Waals surface area contributed by atoms with Gasteiger partial charge in [-0.2, -0.15) is 0 Å². The highest BCUT2D eigenvalue weighted by Crippen LogP contribution is 2.30. The lowest BCUT2D eigenvalue weighted by Gasteiger charge is -2.34. The van der Waals surface area contributed by atoms with Crippen LogP contribution in [0.15, 0.2) is 18.2 Å². The summed E-state index contributed by atoms with van der Waals surface area (Å²) in [4.78, 5) is 2.58. The molecule has 1 aromatic carbocycles. The fourth-order valence-corrected chi connectivity index (χ4v) is 3.10. The fraction of sp³-hybridized carbons (Fsp3) is 0.667. The molecule has 1 fully saturated rings. The van der Waals surface area contributed by atoms with Crippen molar-refractivity contribution in [3.63, 3.8) is 0 Å². The van der Waals surface area contributed by atoms with E-state index in [2.05, 4.69) is 42.3 Å². The molecule has 0 aromatic heterocycles. The third-order valence-electron chi connectivity index (χ3n) is 4.74. The monoisotopic (exact) mass is 290 g/mol. The number of methoxy groups -OCH3 is 1. The molecule has 0 heterocycles. The molecule has 21 heavy (non-hydrogen) atoms. The second kappa shape index (κ2) is 7.81. The summed E-state index contributed by atoms with van der Waals surface area (Å²) in [6.07, 6.45) is 4.24. The molecule has 0 spiro atoms. The van der Waals surface area contributed by atoms with Crippen molar-refractivity contribution < 1.29 is 4.74 Å². The summed E-state index contributed by atoms with van der Waals surface area (Å²) >= 11 is 0. The first-order chi connectivity index (χ1) is 10.2. The van der Waals surface area contributed by atoms with Crippen LogP contribution in [0.25, 0.3) is 0 Å². The molecule has 1 saturated carbocycles. The van der Waals surface area contributed by atoms with Crippen molar-refractivity contribution in [3.8, 4) is 5.75 Å². The number of nitrogens with zero attached hydrogens (tertiary/aromatic N) is 1. The van der Waals surface area contributed by atoms with Gasteiger partial charge in [0.1, 0.15) is 5.75 Å². The second-order valence-corrected chi connectivity index (χ2v) is 6.24. The van der Waals surface area contributed by atoms with Crippen LogP contribution in [0.4, 0.5) is 0 Å². The van der Waals surface area contributed by atoms with Crippen LogP contribution >= 0.6 is 0 Å². The minimum absolute atomic E-state index is 0.319. The Hall–Kier alpha value is -1.06. The summed E-state index contributed by atoms with van der Waals surface area (Å²) in [6, 6.07) is 6.76. The van der Waals surface area contributed by atoms with Crippen molar-refractivity contribution in [3.05, 3.63) is 29.3 Å². The van der Waals surface area contributed by atoms with Gasteiger partial charge >= 0.3 is 0 Å². The number of hydrogen-bond donors (Lipinski definition) is 1. The second-order valence-electron chi connectivity index (χ2n) is 6.24. The number of likely N-dealkylation sites (N-methyl/N-ethyl adjacent to an activating group) is 2. The Morgan fingerprint density at radius 3 is 2.67 bits per heavy atom. The van der Waals surface area contributed by atoms with Crippen LogP contribution < -0.4 is 10.1 Å². The van der Waals surface area contributed by atoms with Gasteiger partial charge in [0.15, 0.2) is 0 Å². The quantitative estimate of drug-likeness (QED) is 0.794. The van der Waals surface area contributed by atoms with Crippen LogP contribution in [0.5, 0.6) is 5.75 Å². The molecule has 1 aliphatic rings. The molecule has 1 aromatic rings. The van der Waals surface area contributed by atoms with E-state index >= 15 is 0 Å². The summed E-state index contributed by atoms with van der Waals surface area (Å²) in [7, 11) is 3.80. The van der Waals surface area contributed by atoms with Crippen LogP contribution in [0.2, 0.25) is 0 Å². The van der Waals surface area contributed by atoms with E-state index in [1.807, 2.05) is 7.05 Å². The zero-order chi connectivity index (χ0) is 15.2. The molecular weight excluding hydrogens is 260 g/mol. The molecule has 3 heteroatoms. The van der Waals surface area contributed by atoms with Crippen molar-refractivity contribution in [2.45, 2.75) is 39.2 Å². The van der Waals surface area contributed by atoms with E-state index in [1.54, 1.807) is 7.11 Å². The molecule has 0 radical (unpaired) electrons. The molecule has 3 nitrogen and oxygen atoms in total. The maximum atomic E-state index is 5.55. The number of nitrogens with one attached hydrogen (secondary N) is 1. The molecule has 0 amide bonds. The van der Waals surface area contributed by atoms with Gasteiger partial charge < -0.3 is 15.0 Å².